The van der Waals surface area contributed by atoms with Gasteiger partial charge in [0.2, 0.25) is 0 Å². The molecule has 0 saturated heterocycles. The molecule has 0 heterocycles. The summed E-state index contributed by atoms with van der Waals surface area (Å²) >= 11 is 0. The quantitative estimate of drug-likeness (QED) is 0.743. The Hall–Kier alpha value is -1.05. The molecule has 1 nitrogen and oxygen atoms in total. The highest BCUT2D eigenvalue weighted by Gasteiger charge is 2.16. The Balaban J connectivity index is 2.02. The van der Waals surface area contributed by atoms with E-state index in [1.807, 2.05) is 19.1 Å². The highest BCUT2D eigenvalue weighted by Crippen LogP contribution is 2.26. The lowest BCUT2D eigenvalue weighted by Crippen LogP contribution is -2.19. The first-order chi connectivity index (χ1) is 8.15. The molecular formula is C15H22FN. The van der Waals surface area contributed by atoms with Crippen molar-refractivity contribution < 1.29 is 4.39 Å². The van der Waals surface area contributed by atoms with Crippen LogP contribution in [0.3, 0.4) is 0 Å². The standard InChI is InChI=1S/C15H22FN/c1-11-4-3-5-13(8-6-11)17-15-10-12(2)7-9-14(15)16/h7,9-11,13,17H,3-6,8H2,1-2H3. The van der Waals surface area contributed by atoms with Gasteiger partial charge in [0.15, 0.2) is 0 Å². The van der Waals surface area contributed by atoms with Gasteiger partial charge in [-0.3, -0.25) is 0 Å². The van der Waals surface area contributed by atoms with E-state index in [1.165, 1.54) is 19.3 Å². The van der Waals surface area contributed by atoms with E-state index in [4.69, 9.17) is 0 Å². The van der Waals surface area contributed by atoms with E-state index in [2.05, 4.69) is 12.2 Å². The van der Waals surface area contributed by atoms with Crippen LogP contribution in [0.5, 0.6) is 0 Å². The summed E-state index contributed by atoms with van der Waals surface area (Å²) in [7, 11) is 0. The minimum atomic E-state index is -0.132. The zero-order valence-electron chi connectivity index (χ0n) is 10.8. The zero-order valence-corrected chi connectivity index (χ0v) is 10.8. The van der Waals surface area contributed by atoms with Crippen molar-refractivity contribution in [2.75, 3.05) is 5.32 Å². The molecule has 0 amide bonds. The molecule has 2 atom stereocenters. The maximum absolute atomic E-state index is 13.6. The van der Waals surface area contributed by atoms with E-state index in [-0.39, 0.29) is 5.82 Å². The highest BCUT2D eigenvalue weighted by atomic mass is 19.1. The molecule has 1 aliphatic carbocycles. The van der Waals surface area contributed by atoms with Gasteiger partial charge in [-0.05, 0) is 49.8 Å². The van der Waals surface area contributed by atoms with Crippen LogP contribution in [0.4, 0.5) is 10.1 Å². The smallest absolute Gasteiger partial charge is 0.146 e. The lowest BCUT2D eigenvalue weighted by Gasteiger charge is -2.18. The third-order valence-electron chi connectivity index (χ3n) is 3.74. The first-order valence-electron chi connectivity index (χ1n) is 6.68. The maximum atomic E-state index is 13.6. The third kappa shape index (κ3) is 3.45. The average Bonchev–Trinajstić information content (AvgIpc) is 2.49. The van der Waals surface area contributed by atoms with Crippen molar-refractivity contribution in [2.45, 2.75) is 52.0 Å². The zero-order chi connectivity index (χ0) is 12.3. The van der Waals surface area contributed by atoms with E-state index in [0.717, 1.165) is 24.3 Å². The summed E-state index contributed by atoms with van der Waals surface area (Å²) in [5.41, 5.74) is 1.78. The Kier molecular flexibility index (Phi) is 4.03. The normalized spacial score (nSPS) is 25.4. The molecule has 1 aromatic rings. The second-order valence-electron chi connectivity index (χ2n) is 5.44. The van der Waals surface area contributed by atoms with Crippen molar-refractivity contribution in [1.82, 2.24) is 0 Å². The molecule has 94 valence electrons. The van der Waals surface area contributed by atoms with Gasteiger partial charge >= 0.3 is 0 Å². The van der Waals surface area contributed by atoms with Crippen LogP contribution in [-0.2, 0) is 0 Å². The predicted octanol–water partition coefficient (Wildman–Crippen LogP) is 4.51. The van der Waals surface area contributed by atoms with Gasteiger partial charge < -0.3 is 5.32 Å². The number of hydrogen-bond acceptors (Lipinski definition) is 1. The van der Waals surface area contributed by atoms with Gasteiger partial charge in [0, 0.05) is 6.04 Å². The number of benzene rings is 1. The van der Waals surface area contributed by atoms with E-state index < -0.39 is 0 Å². The molecule has 0 aromatic heterocycles. The van der Waals surface area contributed by atoms with Crippen molar-refractivity contribution in [2.24, 2.45) is 5.92 Å². The summed E-state index contributed by atoms with van der Waals surface area (Å²) in [5, 5.41) is 3.38. The lowest BCUT2D eigenvalue weighted by molar-refractivity contribution is 0.501. The number of rotatable bonds is 2. The number of hydrogen-bond donors (Lipinski definition) is 1. The molecule has 1 saturated carbocycles. The molecule has 1 N–H and O–H groups in total. The Morgan fingerprint density at radius 2 is 2.00 bits per heavy atom. The van der Waals surface area contributed by atoms with E-state index in [1.54, 1.807) is 6.07 Å². The van der Waals surface area contributed by atoms with Crippen LogP contribution < -0.4 is 5.32 Å². The van der Waals surface area contributed by atoms with Gasteiger partial charge in [-0.25, -0.2) is 4.39 Å². The summed E-state index contributed by atoms with van der Waals surface area (Å²) in [4.78, 5) is 0. The van der Waals surface area contributed by atoms with Crippen LogP contribution in [-0.4, -0.2) is 6.04 Å². The van der Waals surface area contributed by atoms with Crippen molar-refractivity contribution in [3.05, 3.63) is 29.6 Å². The van der Waals surface area contributed by atoms with Crippen molar-refractivity contribution >= 4 is 5.69 Å². The van der Waals surface area contributed by atoms with Crippen molar-refractivity contribution in [3.8, 4) is 0 Å². The van der Waals surface area contributed by atoms with Crippen LogP contribution >= 0.6 is 0 Å². The molecule has 2 heteroatoms. The van der Waals surface area contributed by atoms with Gasteiger partial charge in [-0.1, -0.05) is 25.8 Å². The molecule has 1 aliphatic rings. The molecule has 2 unspecified atom stereocenters. The Morgan fingerprint density at radius 1 is 1.18 bits per heavy atom. The highest BCUT2D eigenvalue weighted by molar-refractivity contribution is 5.47. The van der Waals surface area contributed by atoms with Gasteiger partial charge in [0.1, 0.15) is 5.82 Å². The molecule has 1 fully saturated rings. The molecule has 0 spiro atoms. The molecule has 17 heavy (non-hydrogen) atoms. The van der Waals surface area contributed by atoms with Crippen LogP contribution in [0.1, 0.15) is 44.6 Å². The van der Waals surface area contributed by atoms with E-state index in [0.29, 0.717) is 11.7 Å². The number of anilines is 1. The monoisotopic (exact) mass is 235 g/mol. The first kappa shape index (κ1) is 12.4. The van der Waals surface area contributed by atoms with Gasteiger partial charge in [-0.2, -0.15) is 0 Å². The third-order valence-corrected chi connectivity index (χ3v) is 3.74. The molecule has 0 radical (unpaired) electrons. The Labute approximate surface area is 103 Å². The minimum Gasteiger partial charge on any atom is -0.380 e. The lowest BCUT2D eigenvalue weighted by atomic mass is 10.0. The van der Waals surface area contributed by atoms with Crippen molar-refractivity contribution in [3.63, 3.8) is 0 Å². The number of aryl methyl sites for hydroxylation is 1. The SMILES string of the molecule is Cc1ccc(F)c(NC2CCCC(C)CC2)c1. The van der Waals surface area contributed by atoms with E-state index >= 15 is 0 Å². The van der Waals surface area contributed by atoms with Crippen LogP contribution in [0.2, 0.25) is 0 Å². The fraction of sp³-hybridized carbons (Fsp3) is 0.600. The summed E-state index contributed by atoms with van der Waals surface area (Å²) in [6, 6.07) is 5.72. The molecular weight excluding hydrogens is 213 g/mol. The number of nitrogens with one attached hydrogen (secondary N) is 1. The largest absolute Gasteiger partial charge is 0.380 e. The number of halogens is 1. The van der Waals surface area contributed by atoms with Crippen LogP contribution in [0, 0.1) is 18.7 Å². The van der Waals surface area contributed by atoms with Crippen LogP contribution in [0.15, 0.2) is 18.2 Å². The van der Waals surface area contributed by atoms with Gasteiger partial charge in [0.05, 0.1) is 5.69 Å². The Bertz CT molecular complexity index is 375. The molecule has 2 rings (SSSR count). The Morgan fingerprint density at radius 3 is 2.82 bits per heavy atom. The van der Waals surface area contributed by atoms with E-state index in [9.17, 15) is 4.39 Å². The second kappa shape index (κ2) is 5.52. The fourth-order valence-electron chi connectivity index (χ4n) is 2.60. The summed E-state index contributed by atoms with van der Waals surface area (Å²) in [6.45, 7) is 4.31. The minimum absolute atomic E-state index is 0.132. The predicted molar refractivity (Wildman–Crippen MR) is 70.8 cm³/mol. The fourth-order valence-corrected chi connectivity index (χ4v) is 2.60. The summed E-state index contributed by atoms with van der Waals surface area (Å²) in [5.74, 6) is 0.692. The van der Waals surface area contributed by atoms with Crippen molar-refractivity contribution in [1.29, 1.82) is 0 Å². The summed E-state index contributed by atoms with van der Waals surface area (Å²) < 4.78 is 13.6. The molecule has 0 aliphatic heterocycles. The maximum Gasteiger partial charge on any atom is 0.146 e. The van der Waals surface area contributed by atoms with Gasteiger partial charge in [0.25, 0.3) is 0 Å². The average molecular weight is 235 g/mol. The van der Waals surface area contributed by atoms with Crippen LogP contribution in [0.25, 0.3) is 0 Å². The second-order valence-corrected chi connectivity index (χ2v) is 5.44. The summed E-state index contributed by atoms with van der Waals surface area (Å²) in [6.07, 6.45) is 6.15. The first-order valence-corrected chi connectivity index (χ1v) is 6.68. The molecule has 1 aromatic carbocycles. The van der Waals surface area contributed by atoms with Gasteiger partial charge in [-0.15, -0.1) is 0 Å². The molecule has 0 bridgehead atoms. The topological polar surface area (TPSA) is 12.0 Å².